The molecule has 1 heteroatoms. The molecule has 0 bridgehead atoms. The van der Waals surface area contributed by atoms with Crippen LogP contribution in [0.4, 0.5) is 0 Å². The number of ketones is 1. The van der Waals surface area contributed by atoms with E-state index < -0.39 is 0 Å². The molecule has 1 aliphatic rings. The summed E-state index contributed by atoms with van der Waals surface area (Å²) in [6, 6.07) is 0. The van der Waals surface area contributed by atoms with Crippen molar-refractivity contribution in [1.82, 2.24) is 0 Å². The van der Waals surface area contributed by atoms with Crippen molar-refractivity contribution in [2.75, 3.05) is 0 Å². The van der Waals surface area contributed by atoms with Gasteiger partial charge in [0.05, 0.1) is 0 Å². The molecule has 0 unspecified atom stereocenters. The van der Waals surface area contributed by atoms with E-state index in [1.807, 2.05) is 0 Å². The molecule has 11 heavy (non-hydrogen) atoms. The molecular weight excluding hydrogens is 136 g/mol. The van der Waals surface area contributed by atoms with Crippen molar-refractivity contribution in [2.45, 2.75) is 27.2 Å². The molecule has 0 N–H and O–H groups in total. The maximum atomic E-state index is 11.0. The second-order valence-corrected chi connectivity index (χ2v) is 3.83. The molecule has 0 saturated carbocycles. The lowest BCUT2D eigenvalue weighted by molar-refractivity contribution is -0.116. The fraction of sp³-hybridized carbons (Fsp3) is 0.700. The molecular formula is C10H16O. The first-order valence-electron chi connectivity index (χ1n) is 4.32. The van der Waals surface area contributed by atoms with Gasteiger partial charge in [0.1, 0.15) is 0 Å². The molecule has 1 nitrogen and oxygen atoms in total. The van der Waals surface area contributed by atoms with Crippen LogP contribution in [0.15, 0.2) is 12.2 Å². The van der Waals surface area contributed by atoms with Gasteiger partial charge in [-0.3, -0.25) is 4.79 Å². The van der Waals surface area contributed by atoms with E-state index >= 15 is 0 Å². The molecule has 2 atom stereocenters. The predicted molar refractivity (Wildman–Crippen MR) is 46.3 cm³/mol. The highest BCUT2D eigenvalue weighted by Gasteiger charge is 2.23. The molecule has 0 radical (unpaired) electrons. The third-order valence-electron chi connectivity index (χ3n) is 2.45. The van der Waals surface area contributed by atoms with Crippen LogP contribution in [0.1, 0.15) is 27.2 Å². The van der Waals surface area contributed by atoms with E-state index in [0.717, 1.165) is 6.42 Å². The Balaban J connectivity index is 2.68. The largest absolute Gasteiger partial charge is 0.295 e. The van der Waals surface area contributed by atoms with Gasteiger partial charge in [0.2, 0.25) is 0 Å². The third-order valence-corrected chi connectivity index (χ3v) is 2.45. The van der Waals surface area contributed by atoms with Crippen molar-refractivity contribution in [3.8, 4) is 0 Å². The fourth-order valence-electron chi connectivity index (χ4n) is 1.81. The van der Waals surface area contributed by atoms with Gasteiger partial charge in [-0.2, -0.15) is 0 Å². The van der Waals surface area contributed by atoms with Crippen LogP contribution < -0.4 is 0 Å². The molecule has 0 aromatic heterocycles. The summed E-state index contributed by atoms with van der Waals surface area (Å²) >= 11 is 0. The summed E-state index contributed by atoms with van der Waals surface area (Å²) < 4.78 is 0. The van der Waals surface area contributed by atoms with Crippen LogP contribution in [0, 0.1) is 17.8 Å². The SMILES string of the molecule is CC(C)[C@@H]1C=CC(=O)C[C@@H]1C. The first kappa shape index (κ1) is 8.51. The van der Waals surface area contributed by atoms with Crippen molar-refractivity contribution >= 4 is 5.78 Å². The van der Waals surface area contributed by atoms with Gasteiger partial charge in [0, 0.05) is 6.42 Å². The Bertz CT molecular complexity index is 179. The lowest BCUT2D eigenvalue weighted by Crippen LogP contribution is -2.22. The zero-order valence-electron chi connectivity index (χ0n) is 7.50. The zero-order chi connectivity index (χ0) is 8.43. The summed E-state index contributed by atoms with van der Waals surface area (Å²) in [6.07, 6.45) is 4.55. The van der Waals surface area contributed by atoms with Crippen LogP contribution in [0.5, 0.6) is 0 Å². The van der Waals surface area contributed by atoms with Crippen LogP contribution in [-0.2, 0) is 4.79 Å². The molecule has 0 aliphatic heterocycles. The summed E-state index contributed by atoms with van der Waals surface area (Å²) in [4.78, 5) is 11.0. The Hall–Kier alpha value is -0.590. The molecule has 0 spiro atoms. The van der Waals surface area contributed by atoms with Gasteiger partial charge in [-0.05, 0) is 23.8 Å². The topological polar surface area (TPSA) is 17.1 Å². The van der Waals surface area contributed by atoms with Gasteiger partial charge in [0.15, 0.2) is 5.78 Å². The second kappa shape index (κ2) is 3.21. The number of carbonyl (C=O) groups is 1. The number of hydrogen-bond donors (Lipinski definition) is 0. The minimum Gasteiger partial charge on any atom is -0.295 e. The van der Waals surface area contributed by atoms with Crippen LogP contribution >= 0.6 is 0 Å². The van der Waals surface area contributed by atoms with Gasteiger partial charge in [0.25, 0.3) is 0 Å². The van der Waals surface area contributed by atoms with Gasteiger partial charge >= 0.3 is 0 Å². The number of allylic oxidation sites excluding steroid dienone is 2. The third kappa shape index (κ3) is 1.92. The minimum absolute atomic E-state index is 0.286. The van der Waals surface area contributed by atoms with Crippen LogP contribution in [0.3, 0.4) is 0 Å². The fourth-order valence-corrected chi connectivity index (χ4v) is 1.81. The normalized spacial score (nSPS) is 31.5. The van der Waals surface area contributed by atoms with Crippen molar-refractivity contribution in [3.63, 3.8) is 0 Å². The smallest absolute Gasteiger partial charge is 0.155 e. The van der Waals surface area contributed by atoms with E-state index in [-0.39, 0.29) is 5.78 Å². The Labute approximate surface area is 68.5 Å². The molecule has 0 saturated heterocycles. The van der Waals surface area contributed by atoms with Gasteiger partial charge in [-0.25, -0.2) is 0 Å². The Morgan fingerprint density at radius 1 is 1.55 bits per heavy atom. The van der Waals surface area contributed by atoms with E-state index in [1.165, 1.54) is 0 Å². The first-order valence-corrected chi connectivity index (χ1v) is 4.32. The Morgan fingerprint density at radius 2 is 2.18 bits per heavy atom. The van der Waals surface area contributed by atoms with E-state index in [1.54, 1.807) is 6.08 Å². The molecule has 0 aromatic rings. The summed E-state index contributed by atoms with van der Waals surface area (Å²) in [6.45, 7) is 6.58. The van der Waals surface area contributed by atoms with Gasteiger partial charge in [-0.1, -0.05) is 26.8 Å². The predicted octanol–water partition coefficient (Wildman–Crippen LogP) is 2.42. The highest BCUT2D eigenvalue weighted by Crippen LogP contribution is 2.28. The van der Waals surface area contributed by atoms with Crippen molar-refractivity contribution in [2.24, 2.45) is 17.8 Å². The summed E-state index contributed by atoms with van der Waals surface area (Å²) in [7, 11) is 0. The van der Waals surface area contributed by atoms with Crippen molar-refractivity contribution in [1.29, 1.82) is 0 Å². The summed E-state index contributed by atoms with van der Waals surface area (Å²) in [5.41, 5.74) is 0. The monoisotopic (exact) mass is 152 g/mol. The lowest BCUT2D eigenvalue weighted by atomic mass is 9.78. The minimum atomic E-state index is 0.286. The van der Waals surface area contributed by atoms with Crippen LogP contribution in [0.2, 0.25) is 0 Å². The zero-order valence-corrected chi connectivity index (χ0v) is 7.50. The van der Waals surface area contributed by atoms with Crippen molar-refractivity contribution in [3.05, 3.63) is 12.2 Å². The highest BCUT2D eigenvalue weighted by molar-refractivity contribution is 5.90. The lowest BCUT2D eigenvalue weighted by Gasteiger charge is -2.26. The maximum Gasteiger partial charge on any atom is 0.155 e. The van der Waals surface area contributed by atoms with Crippen LogP contribution in [-0.4, -0.2) is 5.78 Å². The molecule has 0 fully saturated rings. The molecule has 0 aromatic carbocycles. The first-order chi connectivity index (χ1) is 5.11. The summed E-state index contributed by atoms with van der Waals surface area (Å²) in [5, 5.41) is 0. The molecule has 1 rings (SSSR count). The van der Waals surface area contributed by atoms with Crippen molar-refractivity contribution < 1.29 is 4.79 Å². The molecule has 0 amide bonds. The maximum absolute atomic E-state index is 11.0. The van der Waals surface area contributed by atoms with E-state index in [9.17, 15) is 4.79 Å². The Kier molecular flexibility index (Phi) is 2.48. The number of carbonyl (C=O) groups excluding carboxylic acids is 1. The Morgan fingerprint density at radius 3 is 2.64 bits per heavy atom. The molecule has 0 heterocycles. The molecule has 1 aliphatic carbocycles. The number of rotatable bonds is 1. The second-order valence-electron chi connectivity index (χ2n) is 3.83. The highest BCUT2D eigenvalue weighted by atomic mass is 16.1. The standard InChI is InChI=1S/C10H16O/c1-7(2)10-5-4-9(11)6-8(10)3/h4-5,7-8,10H,6H2,1-3H3/t8-,10-/m0/s1. The average Bonchev–Trinajstić information content (AvgIpc) is 1.85. The van der Waals surface area contributed by atoms with E-state index in [0.29, 0.717) is 17.8 Å². The van der Waals surface area contributed by atoms with Gasteiger partial charge in [-0.15, -0.1) is 0 Å². The van der Waals surface area contributed by atoms with Gasteiger partial charge < -0.3 is 0 Å². The number of hydrogen-bond acceptors (Lipinski definition) is 1. The van der Waals surface area contributed by atoms with E-state index in [4.69, 9.17) is 0 Å². The quantitative estimate of drug-likeness (QED) is 0.564. The molecule has 62 valence electrons. The summed E-state index contributed by atoms with van der Waals surface area (Å²) in [5.74, 6) is 2.09. The van der Waals surface area contributed by atoms with Crippen LogP contribution in [0.25, 0.3) is 0 Å². The average molecular weight is 152 g/mol. The van der Waals surface area contributed by atoms with E-state index in [2.05, 4.69) is 26.8 Å².